The summed E-state index contributed by atoms with van der Waals surface area (Å²) in [4.78, 5) is 11.1. The Hall–Kier alpha value is -1.12. The molecule has 76 valence electrons. The van der Waals surface area contributed by atoms with Crippen molar-refractivity contribution >= 4 is 5.95 Å². The zero-order valence-electron chi connectivity index (χ0n) is 8.74. The first-order valence-electron chi connectivity index (χ1n) is 5.47. The van der Waals surface area contributed by atoms with Crippen molar-refractivity contribution in [3.05, 3.63) is 18.0 Å². The molecule has 2 heterocycles. The SMILES string of the molecule is CCc1ccnc(N2CCCCC2)n1. The summed E-state index contributed by atoms with van der Waals surface area (Å²) < 4.78 is 0. The molecular weight excluding hydrogens is 174 g/mol. The summed E-state index contributed by atoms with van der Waals surface area (Å²) >= 11 is 0. The van der Waals surface area contributed by atoms with Gasteiger partial charge in [-0.25, -0.2) is 9.97 Å². The van der Waals surface area contributed by atoms with Crippen molar-refractivity contribution in [3.8, 4) is 0 Å². The predicted octanol–water partition coefficient (Wildman–Crippen LogP) is 2.03. The van der Waals surface area contributed by atoms with Crippen LogP contribution >= 0.6 is 0 Å². The Morgan fingerprint density at radius 3 is 2.79 bits per heavy atom. The molecule has 14 heavy (non-hydrogen) atoms. The summed E-state index contributed by atoms with van der Waals surface area (Å²) in [6.45, 7) is 4.36. The molecule has 0 saturated carbocycles. The van der Waals surface area contributed by atoms with Crippen LogP contribution in [-0.4, -0.2) is 23.1 Å². The van der Waals surface area contributed by atoms with Crippen LogP contribution in [-0.2, 0) is 6.42 Å². The summed E-state index contributed by atoms with van der Waals surface area (Å²) in [5.41, 5.74) is 1.14. The maximum absolute atomic E-state index is 4.53. The highest BCUT2D eigenvalue weighted by Crippen LogP contribution is 2.15. The van der Waals surface area contributed by atoms with Gasteiger partial charge in [0, 0.05) is 25.0 Å². The molecule has 1 aromatic rings. The fraction of sp³-hybridized carbons (Fsp3) is 0.636. The minimum atomic E-state index is 0.920. The highest BCUT2D eigenvalue weighted by molar-refractivity contribution is 5.30. The molecule has 0 aromatic carbocycles. The molecule has 2 rings (SSSR count). The minimum Gasteiger partial charge on any atom is -0.341 e. The van der Waals surface area contributed by atoms with Gasteiger partial charge in [-0.3, -0.25) is 0 Å². The normalized spacial score (nSPS) is 17.1. The number of hydrogen-bond donors (Lipinski definition) is 0. The molecular formula is C11H17N3. The lowest BCUT2D eigenvalue weighted by Crippen LogP contribution is -2.31. The average molecular weight is 191 g/mol. The van der Waals surface area contributed by atoms with E-state index in [-0.39, 0.29) is 0 Å². The second-order valence-electron chi connectivity index (χ2n) is 3.75. The van der Waals surface area contributed by atoms with Crippen LogP contribution in [0.4, 0.5) is 5.95 Å². The van der Waals surface area contributed by atoms with Gasteiger partial charge in [0.15, 0.2) is 0 Å². The van der Waals surface area contributed by atoms with Crippen LogP contribution in [0.2, 0.25) is 0 Å². The molecule has 0 N–H and O–H groups in total. The van der Waals surface area contributed by atoms with Gasteiger partial charge in [0.2, 0.25) is 5.95 Å². The molecule has 1 aliphatic heterocycles. The van der Waals surface area contributed by atoms with E-state index < -0.39 is 0 Å². The van der Waals surface area contributed by atoms with Gasteiger partial charge in [-0.05, 0) is 31.7 Å². The highest BCUT2D eigenvalue weighted by atomic mass is 15.2. The Morgan fingerprint density at radius 1 is 1.29 bits per heavy atom. The quantitative estimate of drug-likeness (QED) is 0.716. The van der Waals surface area contributed by atoms with Gasteiger partial charge in [0.25, 0.3) is 0 Å². The van der Waals surface area contributed by atoms with E-state index in [1.165, 1.54) is 19.3 Å². The highest BCUT2D eigenvalue weighted by Gasteiger charge is 2.12. The Labute approximate surface area is 85.2 Å². The van der Waals surface area contributed by atoms with Crippen LogP contribution in [0.5, 0.6) is 0 Å². The lowest BCUT2D eigenvalue weighted by molar-refractivity contribution is 0.567. The van der Waals surface area contributed by atoms with Crippen LogP contribution in [0, 0.1) is 0 Å². The van der Waals surface area contributed by atoms with Crippen molar-refractivity contribution in [2.45, 2.75) is 32.6 Å². The number of anilines is 1. The molecule has 1 fully saturated rings. The summed E-state index contributed by atoms with van der Waals surface area (Å²) in [7, 11) is 0. The van der Waals surface area contributed by atoms with Gasteiger partial charge in [-0.15, -0.1) is 0 Å². The molecule has 3 heteroatoms. The van der Waals surface area contributed by atoms with Gasteiger partial charge in [0.1, 0.15) is 0 Å². The molecule has 0 spiro atoms. The lowest BCUT2D eigenvalue weighted by atomic mass is 10.1. The second kappa shape index (κ2) is 4.40. The van der Waals surface area contributed by atoms with Gasteiger partial charge >= 0.3 is 0 Å². The zero-order chi connectivity index (χ0) is 9.80. The Balaban J connectivity index is 2.13. The number of hydrogen-bond acceptors (Lipinski definition) is 3. The number of rotatable bonds is 2. The van der Waals surface area contributed by atoms with Crippen molar-refractivity contribution in [2.75, 3.05) is 18.0 Å². The van der Waals surface area contributed by atoms with E-state index >= 15 is 0 Å². The van der Waals surface area contributed by atoms with Gasteiger partial charge in [0.05, 0.1) is 0 Å². The third-order valence-corrected chi connectivity index (χ3v) is 2.70. The average Bonchev–Trinajstić information content (AvgIpc) is 2.30. The summed E-state index contributed by atoms with van der Waals surface area (Å²) in [6.07, 6.45) is 6.77. The number of nitrogens with zero attached hydrogens (tertiary/aromatic N) is 3. The monoisotopic (exact) mass is 191 g/mol. The minimum absolute atomic E-state index is 0.920. The Bertz CT molecular complexity index is 292. The first kappa shape index (κ1) is 9.44. The molecule has 0 unspecified atom stereocenters. The van der Waals surface area contributed by atoms with Crippen molar-refractivity contribution in [1.29, 1.82) is 0 Å². The maximum Gasteiger partial charge on any atom is 0.225 e. The first-order valence-corrected chi connectivity index (χ1v) is 5.47. The molecule has 0 bridgehead atoms. The predicted molar refractivity (Wildman–Crippen MR) is 57.5 cm³/mol. The number of aromatic nitrogens is 2. The van der Waals surface area contributed by atoms with Gasteiger partial charge < -0.3 is 4.90 Å². The lowest BCUT2D eigenvalue weighted by Gasteiger charge is -2.26. The summed E-state index contributed by atoms with van der Waals surface area (Å²) in [6, 6.07) is 1.99. The third-order valence-electron chi connectivity index (χ3n) is 2.70. The fourth-order valence-corrected chi connectivity index (χ4v) is 1.83. The Morgan fingerprint density at radius 2 is 2.07 bits per heavy atom. The Kier molecular flexibility index (Phi) is 2.96. The smallest absolute Gasteiger partial charge is 0.225 e. The standard InChI is InChI=1S/C11H17N3/c1-2-10-6-7-12-11(13-10)14-8-4-3-5-9-14/h6-7H,2-5,8-9H2,1H3. The van der Waals surface area contributed by atoms with E-state index in [0.29, 0.717) is 0 Å². The van der Waals surface area contributed by atoms with Crippen molar-refractivity contribution in [3.63, 3.8) is 0 Å². The van der Waals surface area contributed by atoms with E-state index in [0.717, 1.165) is 31.2 Å². The second-order valence-corrected chi connectivity index (χ2v) is 3.75. The topological polar surface area (TPSA) is 29.0 Å². The summed E-state index contributed by atoms with van der Waals surface area (Å²) in [5, 5.41) is 0. The van der Waals surface area contributed by atoms with E-state index in [1.54, 1.807) is 0 Å². The number of piperidine rings is 1. The maximum atomic E-state index is 4.53. The van der Waals surface area contributed by atoms with Crippen LogP contribution in [0.3, 0.4) is 0 Å². The number of aryl methyl sites for hydroxylation is 1. The third kappa shape index (κ3) is 2.03. The summed E-state index contributed by atoms with van der Waals surface area (Å²) in [5.74, 6) is 0.920. The fourth-order valence-electron chi connectivity index (χ4n) is 1.83. The van der Waals surface area contributed by atoms with Crippen LogP contribution < -0.4 is 4.90 Å². The van der Waals surface area contributed by atoms with Crippen LogP contribution in [0.1, 0.15) is 31.9 Å². The zero-order valence-corrected chi connectivity index (χ0v) is 8.74. The molecule has 1 aliphatic rings. The van der Waals surface area contributed by atoms with E-state index in [2.05, 4.69) is 21.8 Å². The molecule has 1 aromatic heterocycles. The molecule has 0 amide bonds. The molecule has 0 aliphatic carbocycles. The van der Waals surface area contributed by atoms with Crippen LogP contribution in [0.25, 0.3) is 0 Å². The molecule has 0 atom stereocenters. The van der Waals surface area contributed by atoms with Crippen molar-refractivity contribution in [1.82, 2.24) is 9.97 Å². The van der Waals surface area contributed by atoms with Crippen molar-refractivity contribution in [2.24, 2.45) is 0 Å². The van der Waals surface area contributed by atoms with Crippen molar-refractivity contribution < 1.29 is 0 Å². The van der Waals surface area contributed by atoms with E-state index in [1.807, 2.05) is 12.3 Å². The van der Waals surface area contributed by atoms with Gasteiger partial charge in [-0.2, -0.15) is 0 Å². The first-order chi connectivity index (χ1) is 6.90. The van der Waals surface area contributed by atoms with E-state index in [4.69, 9.17) is 0 Å². The molecule has 1 saturated heterocycles. The molecule has 3 nitrogen and oxygen atoms in total. The van der Waals surface area contributed by atoms with Gasteiger partial charge in [-0.1, -0.05) is 6.92 Å². The van der Waals surface area contributed by atoms with Crippen LogP contribution in [0.15, 0.2) is 12.3 Å². The van der Waals surface area contributed by atoms with E-state index in [9.17, 15) is 0 Å². The largest absolute Gasteiger partial charge is 0.341 e. The molecule has 0 radical (unpaired) electrons.